The van der Waals surface area contributed by atoms with Crippen molar-refractivity contribution < 1.29 is 4.79 Å². The summed E-state index contributed by atoms with van der Waals surface area (Å²) in [4.78, 5) is 28.2. The molecule has 2 aliphatic heterocycles. The molecule has 0 radical (unpaired) electrons. The summed E-state index contributed by atoms with van der Waals surface area (Å²) in [6.07, 6.45) is 5.04. The number of anilines is 1. The summed E-state index contributed by atoms with van der Waals surface area (Å²) in [5.74, 6) is 1.93. The molecule has 0 N–H and O–H groups in total. The molecule has 0 aliphatic carbocycles. The predicted octanol–water partition coefficient (Wildman–Crippen LogP) is 1.88. The van der Waals surface area contributed by atoms with Crippen LogP contribution in [0.5, 0.6) is 0 Å². The number of hydrogen-bond donors (Lipinski definition) is 0. The van der Waals surface area contributed by atoms with Crippen LogP contribution in [0.25, 0.3) is 5.69 Å². The van der Waals surface area contributed by atoms with Crippen LogP contribution in [-0.2, 0) is 0 Å². The van der Waals surface area contributed by atoms with Crippen LogP contribution >= 0.6 is 0 Å². The van der Waals surface area contributed by atoms with Crippen molar-refractivity contribution in [1.29, 1.82) is 0 Å². The van der Waals surface area contributed by atoms with Crippen molar-refractivity contribution in [3.05, 3.63) is 59.8 Å². The second kappa shape index (κ2) is 6.95. The van der Waals surface area contributed by atoms with E-state index < -0.39 is 0 Å². The number of rotatable bonds is 3. The first-order valence-corrected chi connectivity index (χ1v) is 9.90. The van der Waals surface area contributed by atoms with Crippen molar-refractivity contribution in [2.24, 2.45) is 11.8 Å². The number of carbonyl (C=O) groups excluding carboxylic acids is 1. The van der Waals surface area contributed by atoms with E-state index in [2.05, 4.69) is 20.1 Å². The number of aromatic nitrogens is 5. The average Bonchev–Trinajstić information content (AvgIpc) is 3.45. The summed E-state index contributed by atoms with van der Waals surface area (Å²) in [5, 5.41) is 8.38. The number of fused-ring (bicyclic) bond motifs is 1. The number of aryl methyl sites for hydroxylation is 2. The van der Waals surface area contributed by atoms with Crippen LogP contribution in [0, 0.1) is 25.7 Å². The van der Waals surface area contributed by atoms with Gasteiger partial charge in [0.1, 0.15) is 5.82 Å². The van der Waals surface area contributed by atoms with Crippen LogP contribution in [0.15, 0.2) is 42.9 Å². The van der Waals surface area contributed by atoms with Gasteiger partial charge in [-0.05, 0) is 26.0 Å². The normalized spacial score (nSPS) is 20.9. The predicted molar refractivity (Wildman–Crippen MR) is 108 cm³/mol. The lowest BCUT2D eigenvalue weighted by molar-refractivity contribution is 0.0782. The molecule has 1 amide bonds. The SMILES string of the molecule is Cc1cnc(C)c(N2CC3CN(C(=O)c4ccccc4-n4nccn4)CC3C2)n1. The van der Waals surface area contributed by atoms with E-state index >= 15 is 0 Å². The van der Waals surface area contributed by atoms with Gasteiger partial charge < -0.3 is 9.80 Å². The van der Waals surface area contributed by atoms with E-state index in [4.69, 9.17) is 4.98 Å². The molecule has 4 heterocycles. The molecule has 1 aromatic carbocycles. The molecule has 148 valence electrons. The van der Waals surface area contributed by atoms with Gasteiger partial charge in [0.25, 0.3) is 5.91 Å². The molecule has 0 saturated carbocycles. The highest BCUT2D eigenvalue weighted by Crippen LogP contribution is 2.35. The first-order valence-electron chi connectivity index (χ1n) is 9.90. The van der Waals surface area contributed by atoms with Gasteiger partial charge in [-0.1, -0.05) is 12.1 Å². The minimum Gasteiger partial charge on any atom is -0.354 e. The van der Waals surface area contributed by atoms with Gasteiger partial charge in [-0.15, -0.1) is 0 Å². The number of benzene rings is 1. The van der Waals surface area contributed by atoms with Crippen molar-refractivity contribution in [2.75, 3.05) is 31.1 Å². The fourth-order valence-electron chi connectivity index (χ4n) is 4.50. The summed E-state index contributed by atoms with van der Waals surface area (Å²) in [6.45, 7) is 7.33. The average molecular weight is 389 g/mol. The van der Waals surface area contributed by atoms with Crippen LogP contribution in [0.3, 0.4) is 0 Å². The van der Waals surface area contributed by atoms with E-state index in [9.17, 15) is 4.79 Å². The summed E-state index contributed by atoms with van der Waals surface area (Å²) < 4.78 is 0. The number of amides is 1. The lowest BCUT2D eigenvalue weighted by Crippen LogP contribution is -2.34. The third-order valence-corrected chi connectivity index (χ3v) is 5.89. The number of nitrogens with zero attached hydrogens (tertiary/aromatic N) is 7. The Kier molecular flexibility index (Phi) is 4.26. The van der Waals surface area contributed by atoms with Crippen LogP contribution in [0.2, 0.25) is 0 Å². The molecule has 0 bridgehead atoms. The molecular weight excluding hydrogens is 366 g/mol. The quantitative estimate of drug-likeness (QED) is 0.681. The standard InChI is InChI=1S/C21H23N7O/c1-14-9-22-15(2)20(25-14)26-10-16-12-27(13-17(16)11-26)21(29)18-5-3-4-6-19(18)28-23-7-8-24-28/h3-9,16-17H,10-13H2,1-2H3. The van der Waals surface area contributed by atoms with Gasteiger partial charge in [-0.25, -0.2) is 4.98 Å². The van der Waals surface area contributed by atoms with Crippen LogP contribution in [-0.4, -0.2) is 61.9 Å². The first-order chi connectivity index (χ1) is 14.1. The Hall–Kier alpha value is -3.29. The van der Waals surface area contributed by atoms with E-state index in [-0.39, 0.29) is 5.91 Å². The van der Waals surface area contributed by atoms with Gasteiger partial charge in [0.2, 0.25) is 0 Å². The summed E-state index contributed by atoms with van der Waals surface area (Å²) in [7, 11) is 0. The monoisotopic (exact) mass is 389 g/mol. The van der Waals surface area contributed by atoms with Crippen molar-refractivity contribution in [1.82, 2.24) is 29.9 Å². The Morgan fingerprint density at radius 2 is 1.69 bits per heavy atom. The maximum atomic E-state index is 13.3. The smallest absolute Gasteiger partial charge is 0.256 e. The van der Waals surface area contributed by atoms with E-state index in [0.717, 1.165) is 43.4 Å². The minimum atomic E-state index is 0.0466. The molecule has 29 heavy (non-hydrogen) atoms. The van der Waals surface area contributed by atoms with Gasteiger partial charge in [0, 0.05) is 44.2 Å². The molecule has 3 aromatic rings. The zero-order chi connectivity index (χ0) is 20.0. The fraction of sp³-hybridized carbons (Fsp3) is 0.381. The Balaban J connectivity index is 1.33. The lowest BCUT2D eigenvalue weighted by atomic mass is 10.0. The molecule has 2 atom stereocenters. The highest BCUT2D eigenvalue weighted by atomic mass is 16.2. The maximum absolute atomic E-state index is 13.3. The Labute approximate surface area is 169 Å². The highest BCUT2D eigenvalue weighted by Gasteiger charge is 2.42. The third kappa shape index (κ3) is 3.14. The second-order valence-electron chi connectivity index (χ2n) is 7.89. The molecule has 8 nitrogen and oxygen atoms in total. The molecule has 5 rings (SSSR count). The van der Waals surface area contributed by atoms with Gasteiger partial charge in [0.15, 0.2) is 0 Å². The first kappa shape index (κ1) is 17.8. The van der Waals surface area contributed by atoms with Crippen molar-refractivity contribution in [3.8, 4) is 5.69 Å². The molecule has 2 unspecified atom stereocenters. The number of likely N-dealkylation sites (tertiary alicyclic amines) is 1. The Morgan fingerprint density at radius 3 is 2.41 bits per heavy atom. The summed E-state index contributed by atoms with van der Waals surface area (Å²) in [5.41, 5.74) is 3.25. The topological polar surface area (TPSA) is 80.0 Å². The minimum absolute atomic E-state index is 0.0466. The van der Waals surface area contributed by atoms with Crippen LogP contribution < -0.4 is 4.90 Å². The van der Waals surface area contributed by atoms with Gasteiger partial charge >= 0.3 is 0 Å². The molecule has 2 aliphatic rings. The van der Waals surface area contributed by atoms with E-state index in [0.29, 0.717) is 23.1 Å². The van der Waals surface area contributed by atoms with Crippen molar-refractivity contribution >= 4 is 11.7 Å². The highest BCUT2D eigenvalue weighted by molar-refractivity contribution is 5.97. The van der Waals surface area contributed by atoms with E-state index in [1.165, 1.54) is 4.80 Å². The molecule has 8 heteroatoms. The van der Waals surface area contributed by atoms with Crippen molar-refractivity contribution in [2.45, 2.75) is 13.8 Å². The van der Waals surface area contributed by atoms with E-state index in [1.54, 1.807) is 12.4 Å². The van der Waals surface area contributed by atoms with Gasteiger partial charge in [0.05, 0.1) is 35.0 Å². The molecule has 2 fully saturated rings. The summed E-state index contributed by atoms with van der Waals surface area (Å²) in [6, 6.07) is 7.52. The second-order valence-corrected chi connectivity index (χ2v) is 7.89. The number of hydrogen-bond acceptors (Lipinski definition) is 6. The lowest BCUT2D eigenvalue weighted by Gasteiger charge is -2.24. The summed E-state index contributed by atoms with van der Waals surface area (Å²) >= 11 is 0. The third-order valence-electron chi connectivity index (χ3n) is 5.89. The van der Waals surface area contributed by atoms with Crippen LogP contribution in [0.4, 0.5) is 5.82 Å². The fourth-order valence-corrected chi connectivity index (χ4v) is 4.50. The number of para-hydroxylation sites is 1. The zero-order valence-corrected chi connectivity index (χ0v) is 16.6. The van der Waals surface area contributed by atoms with Gasteiger partial charge in [-0.2, -0.15) is 15.0 Å². The van der Waals surface area contributed by atoms with Gasteiger partial charge in [-0.3, -0.25) is 9.78 Å². The van der Waals surface area contributed by atoms with Crippen LogP contribution in [0.1, 0.15) is 21.7 Å². The maximum Gasteiger partial charge on any atom is 0.256 e. The Bertz CT molecular complexity index is 1030. The van der Waals surface area contributed by atoms with E-state index in [1.807, 2.05) is 49.2 Å². The Morgan fingerprint density at radius 1 is 1.00 bits per heavy atom. The molecule has 2 aromatic heterocycles. The molecule has 0 spiro atoms. The molecular formula is C21H23N7O. The van der Waals surface area contributed by atoms with Crippen molar-refractivity contribution in [3.63, 3.8) is 0 Å². The molecule has 2 saturated heterocycles. The zero-order valence-electron chi connectivity index (χ0n) is 16.6. The number of carbonyl (C=O) groups is 1. The largest absolute Gasteiger partial charge is 0.354 e.